The lowest BCUT2D eigenvalue weighted by Crippen LogP contribution is -2.48. The molecular formula is C10H12Cl2N2O3S. The van der Waals surface area contributed by atoms with E-state index in [0.29, 0.717) is 23.1 Å². The lowest BCUT2D eigenvalue weighted by molar-refractivity contribution is 0.335. The van der Waals surface area contributed by atoms with E-state index in [1.54, 1.807) is 12.1 Å². The molecule has 0 aromatic heterocycles. The van der Waals surface area contributed by atoms with Crippen molar-refractivity contribution >= 4 is 39.2 Å². The van der Waals surface area contributed by atoms with E-state index in [2.05, 4.69) is 0 Å². The quantitative estimate of drug-likeness (QED) is 0.848. The molecule has 1 saturated heterocycles. The van der Waals surface area contributed by atoms with E-state index in [1.165, 1.54) is 0 Å². The van der Waals surface area contributed by atoms with Crippen LogP contribution < -0.4 is 4.90 Å². The second kappa shape index (κ2) is 5.22. The molecule has 0 aliphatic carbocycles. The summed E-state index contributed by atoms with van der Waals surface area (Å²) < 4.78 is 31.9. The van der Waals surface area contributed by atoms with Crippen molar-refractivity contribution in [3.05, 3.63) is 28.2 Å². The zero-order chi connectivity index (χ0) is 13.3. The Kier molecular flexibility index (Phi) is 4.03. The molecule has 0 unspecified atom stereocenters. The molecule has 1 N–H and O–H groups in total. The summed E-state index contributed by atoms with van der Waals surface area (Å²) in [5, 5.41) is 0.948. The summed E-state index contributed by atoms with van der Waals surface area (Å²) in [7, 11) is -4.09. The van der Waals surface area contributed by atoms with Crippen LogP contribution in [0.4, 0.5) is 5.69 Å². The normalized spacial score (nSPS) is 18.1. The van der Waals surface area contributed by atoms with E-state index >= 15 is 0 Å². The first-order valence-corrected chi connectivity index (χ1v) is 7.46. The van der Waals surface area contributed by atoms with Crippen LogP contribution in [0.2, 0.25) is 10.0 Å². The summed E-state index contributed by atoms with van der Waals surface area (Å²) in [5.74, 6) is 0. The molecule has 0 amide bonds. The van der Waals surface area contributed by atoms with Crippen molar-refractivity contribution < 1.29 is 13.0 Å². The molecule has 0 spiro atoms. The van der Waals surface area contributed by atoms with Gasteiger partial charge >= 0.3 is 10.3 Å². The molecule has 8 heteroatoms. The summed E-state index contributed by atoms with van der Waals surface area (Å²) in [4.78, 5) is 1.99. The highest BCUT2D eigenvalue weighted by molar-refractivity contribution is 7.83. The van der Waals surface area contributed by atoms with Gasteiger partial charge in [-0.25, -0.2) is 0 Å². The fourth-order valence-corrected chi connectivity index (χ4v) is 2.78. The molecule has 0 saturated carbocycles. The minimum Gasteiger partial charge on any atom is -0.369 e. The first kappa shape index (κ1) is 13.9. The van der Waals surface area contributed by atoms with Crippen molar-refractivity contribution in [1.82, 2.24) is 4.31 Å². The predicted octanol–water partition coefficient (Wildman–Crippen LogP) is 1.92. The Morgan fingerprint density at radius 1 is 1.06 bits per heavy atom. The minimum atomic E-state index is -4.09. The molecule has 1 aliphatic rings. The third kappa shape index (κ3) is 3.07. The van der Waals surface area contributed by atoms with Crippen LogP contribution in [0.25, 0.3) is 0 Å². The van der Waals surface area contributed by atoms with Gasteiger partial charge in [0, 0.05) is 31.9 Å². The van der Waals surface area contributed by atoms with Crippen molar-refractivity contribution in [2.75, 3.05) is 31.1 Å². The number of piperazine rings is 1. The topological polar surface area (TPSA) is 60.9 Å². The van der Waals surface area contributed by atoms with Crippen LogP contribution in [0, 0.1) is 0 Å². The Morgan fingerprint density at radius 2 is 1.67 bits per heavy atom. The summed E-state index contributed by atoms with van der Waals surface area (Å²) >= 11 is 11.8. The fraction of sp³-hybridized carbons (Fsp3) is 0.400. The van der Waals surface area contributed by atoms with Crippen LogP contribution in [0.15, 0.2) is 18.2 Å². The molecule has 100 valence electrons. The second-order valence-electron chi connectivity index (χ2n) is 3.96. The maximum absolute atomic E-state index is 11.0. The largest absolute Gasteiger partial charge is 0.369 e. The van der Waals surface area contributed by atoms with Gasteiger partial charge in [0.05, 0.1) is 10.0 Å². The van der Waals surface area contributed by atoms with Gasteiger partial charge in [0.25, 0.3) is 0 Å². The fourth-order valence-electron chi connectivity index (χ4n) is 1.86. The lowest BCUT2D eigenvalue weighted by Gasteiger charge is -2.34. The zero-order valence-electron chi connectivity index (χ0n) is 9.38. The Balaban J connectivity index is 2.08. The molecule has 1 aromatic carbocycles. The highest BCUT2D eigenvalue weighted by Gasteiger charge is 2.25. The van der Waals surface area contributed by atoms with Gasteiger partial charge in [-0.2, -0.15) is 12.7 Å². The number of benzene rings is 1. The molecular weight excluding hydrogens is 299 g/mol. The third-order valence-corrected chi connectivity index (χ3v) is 4.59. The summed E-state index contributed by atoms with van der Waals surface area (Å²) in [5.41, 5.74) is 0.888. The maximum Gasteiger partial charge on any atom is 0.336 e. The molecule has 2 rings (SSSR count). The van der Waals surface area contributed by atoms with Gasteiger partial charge in [-0.3, -0.25) is 4.55 Å². The van der Waals surface area contributed by atoms with Crippen LogP contribution in [0.5, 0.6) is 0 Å². The zero-order valence-corrected chi connectivity index (χ0v) is 11.7. The van der Waals surface area contributed by atoms with E-state index in [-0.39, 0.29) is 13.1 Å². The van der Waals surface area contributed by atoms with Crippen LogP contribution in [-0.2, 0) is 10.3 Å². The summed E-state index contributed by atoms with van der Waals surface area (Å²) in [6.45, 7) is 1.49. The van der Waals surface area contributed by atoms with Crippen molar-refractivity contribution in [2.45, 2.75) is 0 Å². The molecule has 0 bridgehead atoms. The molecule has 5 nitrogen and oxygen atoms in total. The highest BCUT2D eigenvalue weighted by atomic mass is 35.5. The van der Waals surface area contributed by atoms with E-state index in [9.17, 15) is 8.42 Å². The van der Waals surface area contributed by atoms with Gasteiger partial charge in [0.15, 0.2) is 0 Å². The number of hydrogen-bond donors (Lipinski definition) is 1. The molecule has 1 heterocycles. The monoisotopic (exact) mass is 310 g/mol. The SMILES string of the molecule is O=S(=O)(O)N1CCN(c2ccc(Cl)c(Cl)c2)CC1. The van der Waals surface area contributed by atoms with E-state index in [1.807, 2.05) is 11.0 Å². The van der Waals surface area contributed by atoms with Crippen LogP contribution in [0.1, 0.15) is 0 Å². The van der Waals surface area contributed by atoms with Gasteiger partial charge in [-0.15, -0.1) is 0 Å². The van der Waals surface area contributed by atoms with E-state index in [4.69, 9.17) is 27.8 Å². The molecule has 18 heavy (non-hydrogen) atoms. The van der Waals surface area contributed by atoms with Gasteiger partial charge in [-0.1, -0.05) is 23.2 Å². The first-order chi connectivity index (χ1) is 8.38. The second-order valence-corrected chi connectivity index (χ2v) is 6.19. The van der Waals surface area contributed by atoms with Gasteiger partial charge in [0.1, 0.15) is 0 Å². The van der Waals surface area contributed by atoms with E-state index < -0.39 is 10.3 Å². The minimum absolute atomic E-state index is 0.249. The first-order valence-electron chi connectivity index (χ1n) is 5.30. The molecule has 1 aromatic rings. The molecule has 1 fully saturated rings. The maximum atomic E-state index is 11.0. The Bertz CT molecular complexity index is 542. The number of halogens is 2. The average molecular weight is 311 g/mol. The van der Waals surface area contributed by atoms with Crippen LogP contribution in [-0.4, -0.2) is 43.5 Å². The summed E-state index contributed by atoms with van der Waals surface area (Å²) in [6, 6.07) is 5.28. The molecule has 1 aliphatic heterocycles. The predicted molar refractivity (Wildman–Crippen MR) is 71.8 cm³/mol. The third-order valence-electron chi connectivity index (χ3n) is 2.83. The lowest BCUT2D eigenvalue weighted by atomic mass is 10.2. The van der Waals surface area contributed by atoms with Crippen molar-refractivity contribution in [3.8, 4) is 0 Å². The van der Waals surface area contributed by atoms with Crippen molar-refractivity contribution in [2.24, 2.45) is 0 Å². The molecule has 0 radical (unpaired) electrons. The van der Waals surface area contributed by atoms with Crippen molar-refractivity contribution in [1.29, 1.82) is 0 Å². The number of anilines is 1. The van der Waals surface area contributed by atoms with Gasteiger partial charge in [-0.05, 0) is 18.2 Å². The van der Waals surface area contributed by atoms with Crippen LogP contribution >= 0.6 is 23.2 Å². The van der Waals surface area contributed by atoms with Gasteiger partial charge in [0.2, 0.25) is 0 Å². The Labute approximate surface area is 116 Å². The van der Waals surface area contributed by atoms with Crippen LogP contribution in [0.3, 0.4) is 0 Å². The van der Waals surface area contributed by atoms with Gasteiger partial charge < -0.3 is 4.90 Å². The Hall–Kier alpha value is -0.530. The highest BCUT2D eigenvalue weighted by Crippen LogP contribution is 2.27. The Morgan fingerprint density at radius 3 is 2.17 bits per heavy atom. The number of rotatable bonds is 2. The summed E-state index contributed by atoms with van der Waals surface area (Å²) in [6.07, 6.45) is 0. The number of hydrogen-bond acceptors (Lipinski definition) is 3. The smallest absolute Gasteiger partial charge is 0.336 e. The standard InChI is InChI=1S/C10H12Cl2N2O3S/c11-9-2-1-8(7-10(9)12)13-3-5-14(6-4-13)18(15,16)17/h1-2,7H,3-6H2,(H,15,16,17). The molecule has 0 atom stereocenters. The number of nitrogens with zero attached hydrogens (tertiary/aromatic N) is 2. The average Bonchev–Trinajstić information content (AvgIpc) is 2.32. The van der Waals surface area contributed by atoms with Crippen molar-refractivity contribution in [3.63, 3.8) is 0 Å². The van der Waals surface area contributed by atoms with E-state index in [0.717, 1.165) is 9.99 Å².